The molecule has 0 amide bonds. The van der Waals surface area contributed by atoms with E-state index in [-0.39, 0.29) is 6.42 Å². The molecule has 11 heavy (non-hydrogen) atoms. The summed E-state index contributed by atoms with van der Waals surface area (Å²) < 4.78 is 0. The Morgan fingerprint density at radius 2 is 2.09 bits per heavy atom. The molecule has 0 aromatic heterocycles. The van der Waals surface area contributed by atoms with Gasteiger partial charge in [-0.2, -0.15) is 0 Å². The first-order valence-corrected chi connectivity index (χ1v) is 3.18. The van der Waals surface area contributed by atoms with Crippen LogP contribution in [0.1, 0.15) is 13.3 Å². The largest absolute Gasteiger partial charge is 0.481 e. The van der Waals surface area contributed by atoms with Crippen LogP contribution < -0.4 is 0 Å². The van der Waals surface area contributed by atoms with Crippen molar-refractivity contribution >= 4 is 17.5 Å². The molecule has 0 aromatic rings. The van der Waals surface area contributed by atoms with E-state index in [4.69, 9.17) is 10.5 Å². The number of rotatable bonds is 4. The molecular weight excluding hydrogens is 146 g/mol. The molecule has 0 spiro atoms. The van der Waals surface area contributed by atoms with Gasteiger partial charge in [0.15, 0.2) is 5.78 Å². The standard InChI is InChI=1S/C7H10NO3/c1-3-5(7(10)11)6(8)4(2)9/h5,8H,2-3H2,1H3,(H,10,11). The van der Waals surface area contributed by atoms with Gasteiger partial charge in [0.05, 0.1) is 5.71 Å². The second-order valence-electron chi connectivity index (χ2n) is 2.14. The smallest absolute Gasteiger partial charge is 0.312 e. The topological polar surface area (TPSA) is 78.2 Å². The minimum Gasteiger partial charge on any atom is -0.481 e. The fourth-order valence-electron chi connectivity index (χ4n) is 0.697. The van der Waals surface area contributed by atoms with Crippen molar-refractivity contribution in [3.05, 3.63) is 6.92 Å². The average molecular weight is 156 g/mol. The monoisotopic (exact) mass is 156 g/mol. The number of nitrogens with one attached hydrogen (secondary N) is 1. The van der Waals surface area contributed by atoms with Crippen molar-refractivity contribution in [2.24, 2.45) is 5.92 Å². The maximum atomic E-state index is 10.4. The van der Waals surface area contributed by atoms with E-state index in [1.54, 1.807) is 6.92 Å². The van der Waals surface area contributed by atoms with Gasteiger partial charge in [-0.25, -0.2) is 0 Å². The van der Waals surface area contributed by atoms with Gasteiger partial charge >= 0.3 is 5.97 Å². The summed E-state index contributed by atoms with van der Waals surface area (Å²) in [7, 11) is 0. The Hall–Kier alpha value is -1.19. The Morgan fingerprint density at radius 3 is 2.18 bits per heavy atom. The van der Waals surface area contributed by atoms with Crippen molar-refractivity contribution in [3.8, 4) is 0 Å². The minimum atomic E-state index is -1.14. The second-order valence-corrected chi connectivity index (χ2v) is 2.14. The molecule has 61 valence electrons. The lowest BCUT2D eigenvalue weighted by atomic mass is 9.98. The van der Waals surface area contributed by atoms with Crippen molar-refractivity contribution in [1.29, 1.82) is 5.41 Å². The molecule has 0 fully saturated rings. The third kappa shape index (κ3) is 2.49. The number of ketones is 1. The van der Waals surface area contributed by atoms with Crippen LogP contribution in [0, 0.1) is 18.3 Å². The van der Waals surface area contributed by atoms with Crippen LogP contribution in [-0.2, 0) is 9.59 Å². The summed E-state index contributed by atoms with van der Waals surface area (Å²) in [6.45, 7) is 4.57. The molecule has 0 rings (SSSR count). The van der Waals surface area contributed by atoms with Crippen LogP contribution in [0.15, 0.2) is 0 Å². The highest BCUT2D eigenvalue weighted by Gasteiger charge is 2.23. The molecule has 0 heterocycles. The molecule has 0 bridgehead atoms. The summed E-state index contributed by atoms with van der Waals surface area (Å²) >= 11 is 0. The predicted molar refractivity (Wildman–Crippen MR) is 39.5 cm³/mol. The maximum absolute atomic E-state index is 10.4. The average Bonchev–Trinajstić information content (AvgIpc) is 1.88. The Bertz CT molecular complexity index is 198. The number of carboxylic acids is 1. The molecule has 1 unspecified atom stereocenters. The van der Waals surface area contributed by atoms with E-state index >= 15 is 0 Å². The molecule has 0 saturated carbocycles. The van der Waals surface area contributed by atoms with Crippen LogP contribution in [0.3, 0.4) is 0 Å². The van der Waals surface area contributed by atoms with Gasteiger partial charge in [0.2, 0.25) is 0 Å². The first-order chi connectivity index (χ1) is 5.00. The van der Waals surface area contributed by atoms with Crippen molar-refractivity contribution in [2.75, 3.05) is 0 Å². The van der Waals surface area contributed by atoms with Crippen LogP contribution in [0.25, 0.3) is 0 Å². The number of carboxylic acid groups (broad SMARTS) is 1. The Morgan fingerprint density at radius 1 is 1.64 bits per heavy atom. The Balaban J connectivity index is 4.39. The van der Waals surface area contributed by atoms with Gasteiger partial charge in [0, 0.05) is 6.92 Å². The van der Waals surface area contributed by atoms with Crippen molar-refractivity contribution in [3.63, 3.8) is 0 Å². The van der Waals surface area contributed by atoms with E-state index in [0.717, 1.165) is 0 Å². The quantitative estimate of drug-likeness (QED) is 0.582. The van der Waals surface area contributed by atoms with E-state index in [1.165, 1.54) is 0 Å². The molecule has 1 atom stereocenters. The minimum absolute atomic E-state index is 0.245. The van der Waals surface area contributed by atoms with Gasteiger partial charge in [-0.3, -0.25) is 9.59 Å². The van der Waals surface area contributed by atoms with Crippen LogP contribution in [0.2, 0.25) is 0 Å². The molecule has 0 aromatic carbocycles. The summed E-state index contributed by atoms with van der Waals surface area (Å²) in [5, 5.41) is 15.5. The van der Waals surface area contributed by atoms with Gasteiger partial charge in [-0.05, 0) is 6.42 Å². The highest BCUT2D eigenvalue weighted by atomic mass is 16.4. The first-order valence-electron chi connectivity index (χ1n) is 3.18. The molecule has 0 saturated heterocycles. The number of Topliss-reactive ketones (excluding diaryl/α,β-unsaturated/α-hetero) is 1. The lowest BCUT2D eigenvalue weighted by molar-refractivity contribution is -0.139. The molecular formula is C7H10NO3. The van der Waals surface area contributed by atoms with Gasteiger partial charge < -0.3 is 10.5 Å². The van der Waals surface area contributed by atoms with Crippen molar-refractivity contribution < 1.29 is 14.7 Å². The number of carbonyl (C=O) groups is 2. The summed E-state index contributed by atoms with van der Waals surface area (Å²) in [6, 6.07) is 0. The number of aliphatic carboxylic acids is 1. The van der Waals surface area contributed by atoms with E-state index in [1.807, 2.05) is 0 Å². The summed E-state index contributed by atoms with van der Waals surface area (Å²) in [5.74, 6) is -2.87. The predicted octanol–water partition coefficient (Wildman–Crippen LogP) is 0.520. The molecule has 1 radical (unpaired) electrons. The van der Waals surface area contributed by atoms with E-state index in [2.05, 4.69) is 6.92 Å². The number of carbonyl (C=O) groups excluding carboxylic acids is 1. The van der Waals surface area contributed by atoms with Gasteiger partial charge in [-0.1, -0.05) is 6.92 Å². The normalized spacial score (nSPS) is 12.2. The molecule has 0 aliphatic heterocycles. The molecule has 0 aliphatic carbocycles. The summed E-state index contributed by atoms with van der Waals surface area (Å²) in [4.78, 5) is 20.8. The SMILES string of the molecule is [CH2]C(=O)C(=N)C(CC)C(=O)O. The third-order valence-corrected chi connectivity index (χ3v) is 1.36. The van der Waals surface area contributed by atoms with Crippen molar-refractivity contribution in [2.45, 2.75) is 13.3 Å². The fourth-order valence-corrected chi connectivity index (χ4v) is 0.697. The maximum Gasteiger partial charge on any atom is 0.312 e. The van der Waals surface area contributed by atoms with Gasteiger partial charge in [-0.15, -0.1) is 0 Å². The van der Waals surface area contributed by atoms with E-state index < -0.39 is 23.4 Å². The second kappa shape index (κ2) is 3.85. The van der Waals surface area contributed by atoms with Crippen LogP contribution in [0.5, 0.6) is 0 Å². The lowest BCUT2D eigenvalue weighted by Gasteiger charge is -2.07. The lowest BCUT2D eigenvalue weighted by Crippen LogP contribution is -2.27. The van der Waals surface area contributed by atoms with Gasteiger partial charge in [0.1, 0.15) is 5.92 Å². The van der Waals surface area contributed by atoms with Crippen molar-refractivity contribution in [1.82, 2.24) is 0 Å². The highest BCUT2D eigenvalue weighted by molar-refractivity contribution is 6.43. The Kier molecular flexibility index (Phi) is 3.44. The molecule has 0 aliphatic rings. The van der Waals surface area contributed by atoms with Crippen LogP contribution >= 0.6 is 0 Å². The third-order valence-electron chi connectivity index (χ3n) is 1.36. The van der Waals surface area contributed by atoms with Crippen LogP contribution in [0.4, 0.5) is 0 Å². The summed E-state index contributed by atoms with van der Waals surface area (Å²) in [6.07, 6.45) is 0.245. The highest BCUT2D eigenvalue weighted by Crippen LogP contribution is 2.04. The van der Waals surface area contributed by atoms with Crippen LogP contribution in [-0.4, -0.2) is 22.6 Å². The number of hydrogen-bond acceptors (Lipinski definition) is 3. The molecule has 2 N–H and O–H groups in total. The first kappa shape index (κ1) is 9.81. The summed E-state index contributed by atoms with van der Waals surface area (Å²) in [5.41, 5.74) is -0.431. The zero-order chi connectivity index (χ0) is 9.02. The molecule has 4 heteroatoms. The number of hydrogen-bond donors (Lipinski definition) is 2. The van der Waals surface area contributed by atoms with Gasteiger partial charge in [0.25, 0.3) is 0 Å². The zero-order valence-electron chi connectivity index (χ0n) is 6.26. The van der Waals surface area contributed by atoms with E-state index in [9.17, 15) is 9.59 Å². The Labute approximate surface area is 64.7 Å². The molecule has 4 nitrogen and oxygen atoms in total. The van der Waals surface area contributed by atoms with E-state index in [0.29, 0.717) is 0 Å². The fraction of sp³-hybridized carbons (Fsp3) is 0.429. The zero-order valence-corrected chi connectivity index (χ0v) is 6.26.